The summed E-state index contributed by atoms with van der Waals surface area (Å²) >= 11 is 6.08. The Balaban J connectivity index is 1.69. The summed E-state index contributed by atoms with van der Waals surface area (Å²) in [7, 11) is 1.66. The van der Waals surface area contributed by atoms with Gasteiger partial charge in [-0.25, -0.2) is 0 Å². The molecule has 1 saturated carbocycles. The zero-order chi connectivity index (χ0) is 13.9. The van der Waals surface area contributed by atoms with Gasteiger partial charge in [-0.1, -0.05) is 18.0 Å². The highest BCUT2D eigenvalue weighted by Crippen LogP contribution is 2.35. The minimum absolute atomic E-state index is 0.566. The first-order valence-corrected chi connectivity index (χ1v) is 7.99. The van der Waals surface area contributed by atoms with E-state index < -0.39 is 0 Å². The van der Waals surface area contributed by atoms with Crippen molar-refractivity contribution in [3.05, 3.63) is 23.2 Å². The molecular formula is C16H23ClN2O. The fraction of sp³-hybridized carbons (Fsp3) is 0.625. The van der Waals surface area contributed by atoms with Gasteiger partial charge in [0.25, 0.3) is 0 Å². The summed E-state index contributed by atoms with van der Waals surface area (Å²) in [4.78, 5) is 0. The summed E-state index contributed by atoms with van der Waals surface area (Å²) in [6, 6.07) is 7.21. The number of benzene rings is 1. The van der Waals surface area contributed by atoms with Crippen LogP contribution in [0.3, 0.4) is 0 Å². The molecule has 3 nitrogen and oxygen atoms in total. The molecule has 2 N–H and O–H groups in total. The third-order valence-electron chi connectivity index (χ3n) is 4.69. The summed E-state index contributed by atoms with van der Waals surface area (Å²) in [5, 5.41) is 8.02. The fourth-order valence-electron chi connectivity index (χ4n) is 3.69. The monoisotopic (exact) mass is 294 g/mol. The van der Waals surface area contributed by atoms with Crippen molar-refractivity contribution < 1.29 is 4.74 Å². The molecule has 3 unspecified atom stereocenters. The van der Waals surface area contributed by atoms with Crippen molar-refractivity contribution in [1.82, 2.24) is 5.32 Å². The number of nitrogens with one attached hydrogen (secondary N) is 2. The van der Waals surface area contributed by atoms with Gasteiger partial charge in [-0.3, -0.25) is 0 Å². The SMILES string of the molecule is COc1cc(NC2CCCC2C2CCCN2)ccc1Cl. The molecule has 1 aliphatic carbocycles. The van der Waals surface area contributed by atoms with E-state index in [1.165, 1.54) is 38.6 Å². The van der Waals surface area contributed by atoms with Crippen LogP contribution in [0.25, 0.3) is 0 Å². The van der Waals surface area contributed by atoms with Crippen molar-refractivity contribution in [3.63, 3.8) is 0 Å². The topological polar surface area (TPSA) is 33.3 Å². The van der Waals surface area contributed by atoms with Gasteiger partial charge in [-0.2, -0.15) is 0 Å². The zero-order valence-corrected chi connectivity index (χ0v) is 12.7. The second kappa shape index (κ2) is 6.23. The van der Waals surface area contributed by atoms with E-state index in [1.807, 2.05) is 18.2 Å². The molecule has 20 heavy (non-hydrogen) atoms. The summed E-state index contributed by atoms with van der Waals surface area (Å²) in [5.41, 5.74) is 1.11. The first kappa shape index (κ1) is 14.0. The van der Waals surface area contributed by atoms with E-state index in [1.54, 1.807) is 7.11 Å². The Morgan fingerprint density at radius 2 is 2.15 bits per heavy atom. The lowest BCUT2D eigenvalue weighted by Crippen LogP contribution is -2.38. The summed E-state index contributed by atoms with van der Waals surface area (Å²) in [6.45, 7) is 1.18. The average molecular weight is 295 g/mol. The van der Waals surface area contributed by atoms with Gasteiger partial charge >= 0.3 is 0 Å². The van der Waals surface area contributed by atoms with Crippen LogP contribution in [0.5, 0.6) is 5.75 Å². The third-order valence-corrected chi connectivity index (χ3v) is 5.00. The molecule has 110 valence electrons. The quantitative estimate of drug-likeness (QED) is 0.889. The zero-order valence-electron chi connectivity index (χ0n) is 12.0. The minimum atomic E-state index is 0.566. The van der Waals surface area contributed by atoms with Gasteiger partial charge in [0.2, 0.25) is 0 Å². The van der Waals surface area contributed by atoms with Crippen LogP contribution in [0.2, 0.25) is 5.02 Å². The first-order valence-electron chi connectivity index (χ1n) is 7.61. The van der Waals surface area contributed by atoms with E-state index in [9.17, 15) is 0 Å². The molecule has 1 aromatic rings. The first-order chi connectivity index (χ1) is 9.78. The smallest absolute Gasteiger partial charge is 0.139 e. The van der Waals surface area contributed by atoms with Gasteiger partial charge < -0.3 is 15.4 Å². The molecule has 4 heteroatoms. The molecule has 0 amide bonds. The van der Waals surface area contributed by atoms with Gasteiger partial charge in [0.15, 0.2) is 0 Å². The van der Waals surface area contributed by atoms with Crippen molar-refractivity contribution in [3.8, 4) is 5.75 Å². The molecule has 2 aliphatic rings. The Labute approximate surface area is 126 Å². The lowest BCUT2D eigenvalue weighted by molar-refractivity contribution is 0.376. The molecule has 1 heterocycles. The number of hydrogen-bond acceptors (Lipinski definition) is 3. The Bertz CT molecular complexity index is 460. The van der Waals surface area contributed by atoms with E-state index in [0.717, 1.165) is 17.4 Å². The number of hydrogen-bond donors (Lipinski definition) is 2. The molecule has 0 bridgehead atoms. The highest BCUT2D eigenvalue weighted by atomic mass is 35.5. The average Bonchev–Trinajstić information content (AvgIpc) is 3.11. The molecule has 1 saturated heterocycles. The summed E-state index contributed by atoms with van der Waals surface area (Å²) in [6.07, 6.45) is 6.56. The van der Waals surface area contributed by atoms with Crippen molar-refractivity contribution in [2.24, 2.45) is 5.92 Å². The Hall–Kier alpha value is -0.930. The maximum Gasteiger partial charge on any atom is 0.139 e. The normalized spacial score (nSPS) is 29.6. The number of methoxy groups -OCH3 is 1. The Morgan fingerprint density at radius 3 is 2.90 bits per heavy atom. The van der Waals surface area contributed by atoms with Crippen LogP contribution in [0, 0.1) is 5.92 Å². The van der Waals surface area contributed by atoms with E-state index in [2.05, 4.69) is 10.6 Å². The predicted octanol–water partition coefficient (Wildman–Crippen LogP) is 3.68. The standard InChI is InChI=1S/C16H23ClN2O/c1-20-16-10-11(7-8-13(16)17)19-15-5-2-4-12(15)14-6-3-9-18-14/h7-8,10,12,14-15,18-19H,2-6,9H2,1H3. The molecular weight excluding hydrogens is 272 g/mol. The third kappa shape index (κ3) is 2.89. The molecule has 0 aromatic heterocycles. The van der Waals surface area contributed by atoms with E-state index >= 15 is 0 Å². The fourth-order valence-corrected chi connectivity index (χ4v) is 3.88. The summed E-state index contributed by atoms with van der Waals surface area (Å²) in [5.74, 6) is 1.49. The lowest BCUT2D eigenvalue weighted by atomic mass is 9.93. The number of anilines is 1. The van der Waals surface area contributed by atoms with Crippen LogP contribution in [-0.4, -0.2) is 25.7 Å². The Kier molecular flexibility index (Phi) is 4.37. The second-order valence-electron chi connectivity index (χ2n) is 5.90. The van der Waals surface area contributed by atoms with Crippen LogP contribution in [0.1, 0.15) is 32.1 Å². The molecule has 3 atom stereocenters. The van der Waals surface area contributed by atoms with Crippen molar-refractivity contribution in [2.75, 3.05) is 19.0 Å². The number of rotatable bonds is 4. The van der Waals surface area contributed by atoms with Crippen LogP contribution in [0.4, 0.5) is 5.69 Å². The largest absolute Gasteiger partial charge is 0.495 e. The molecule has 0 spiro atoms. The maximum absolute atomic E-state index is 6.08. The summed E-state index contributed by atoms with van der Waals surface area (Å²) < 4.78 is 5.29. The Morgan fingerprint density at radius 1 is 1.25 bits per heavy atom. The van der Waals surface area contributed by atoms with Crippen LogP contribution in [0.15, 0.2) is 18.2 Å². The van der Waals surface area contributed by atoms with Crippen LogP contribution in [-0.2, 0) is 0 Å². The van der Waals surface area contributed by atoms with Gasteiger partial charge in [-0.15, -0.1) is 0 Å². The van der Waals surface area contributed by atoms with Gasteiger partial charge in [0, 0.05) is 23.8 Å². The van der Waals surface area contributed by atoms with Gasteiger partial charge in [0.1, 0.15) is 5.75 Å². The number of ether oxygens (including phenoxy) is 1. The second-order valence-corrected chi connectivity index (χ2v) is 6.30. The number of halogens is 1. The molecule has 0 radical (unpaired) electrons. The van der Waals surface area contributed by atoms with Crippen LogP contribution < -0.4 is 15.4 Å². The van der Waals surface area contributed by atoms with Crippen molar-refractivity contribution in [1.29, 1.82) is 0 Å². The van der Waals surface area contributed by atoms with Crippen molar-refractivity contribution in [2.45, 2.75) is 44.2 Å². The molecule has 2 fully saturated rings. The predicted molar refractivity (Wildman–Crippen MR) is 83.8 cm³/mol. The molecule has 1 aliphatic heterocycles. The lowest BCUT2D eigenvalue weighted by Gasteiger charge is -2.27. The highest BCUT2D eigenvalue weighted by molar-refractivity contribution is 6.32. The van der Waals surface area contributed by atoms with E-state index in [0.29, 0.717) is 17.1 Å². The van der Waals surface area contributed by atoms with Crippen LogP contribution >= 0.6 is 11.6 Å². The van der Waals surface area contributed by atoms with Gasteiger partial charge in [0.05, 0.1) is 12.1 Å². The van der Waals surface area contributed by atoms with E-state index in [-0.39, 0.29) is 0 Å². The maximum atomic E-state index is 6.08. The molecule has 1 aromatic carbocycles. The van der Waals surface area contributed by atoms with Crippen molar-refractivity contribution >= 4 is 17.3 Å². The minimum Gasteiger partial charge on any atom is -0.495 e. The van der Waals surface area contributed by atoms with Gasteiger partial charge in [-0.05, 0) is 50.3 Å². The highest BCUT2D eigenvalue weighted by Gasteiger charge is 2.34. The van der Waals surface area contributed by atoms with E-state index in [4.69, 9.17) is 16.3 Å². The molecule has 3 rings (SSSR count).